The summed E-state index contributed by atoms with van der Waals surface area (Å²) in [7, 11) is 0. The first kappa shape index (κ1) is 23.4. The van der Waals surface area contributed by atoms with Gasteiger partial charge in [0, 0.05) is 21.1 Å². The number of fused-ring (bicyclic) bond motifs is 1. The maximum Gasteiger partial charge on any atom is 0.328 e. The average molecular weight is 495 g/mol. The summed E-state index contributed by atoms with van der Waals surface area (Å²) >= 11 is 12.1. The highest BCUT2D eigenvalue weighted by Crippen LogP contribution is 2.24. The Morgan fingerprint density at radius 2 is 1.56 bits per heavy atom. The van der Waals surface area contributed by atoms with Crippen LogP contribution in [-0.2, 0) is 9.59 Å². The van der Waals surface area contributed by atoms with Gasteiger partial charge < -0.3 is 10.6 Å². The van der Waals surface area contributed by atoms with E-state index in [9.17, 15) is 14.4 Å². The lowest BCUT2D eigenvalue weighted by Gasteiger charge is -2.16. The third-order valence-corrected chi connectivity index (χ3v) is 5.62. The molecule has 0 bridgehead atoms. The number of halogens is 2. The Morgan fingerprint density at radius 3 is 2.29 bits per heavy atom. The van der Waals surface area contributed by atoms with Gasteiger partial charge in [0.05, 0.1) is 11.6 Å². The summed E-state index contributed by atoms with van der Waals surface area (Å²) in [5.41, 5.74) is 4.46. The summed E-state index contributed by atoms with van der Waals surface area (Å²) < 4.78 is 1.26. The molecule has 34 heavy (non-hydrogen) atoms. The molecule has 172 valence electrons. The second kappa shape index (κ2) is 9.99. The van der Waals surface area contributed by atoms with E-state index in [4.69, 9.17) is 23.2 Å². The highest BCUT2D eigenvalue weighted by atomic mass is 35.5. The van der Waals surface area contributed by atoms with Crippen LogP contribution in [0.2, 0.25) is 10.0 Å². The summed E-state index contributed by atoms with van der Waals surface area (Å²) in [4.78, 5) is 38.4. The highest BCUT2D eigenvalue weighted by Gasteiger charge is 2.22. The van der Waals surface area contributed by atoms with Crippen molar-refractivity contribution in [3.05, 3.63) is 100 Å². The molecule has 0 spiro atoms. The molecule has 0 unspecified atom stereocenters. The minimum absolute atomic E-state index is 0.106. The zero-order valence-electron chi connectivity index (χ0n) is 18.0. The molecule has 0 fully saturated rings. The van der Waals surface area contributed by atoms with Crippen LogP contribution >= 0.6 is 23.2 Å². The molecule has 4 rings (SSSR count). The van der Waals surface area contributed by atoms with Crippen molar-refractivity contribution in [2.24, 2.45) is 0 Å². The van der Waals surface area contributed by atoms with Crippen LogP contribution in [0.4, 0.5) is 5.69 Å². The lowest BCUT2D eigenvalue weighted by Crippen LogP contribution is -2.40. The van der Waals surface area contributed by atoms with Crippen molar-refractivity contribution < 1.29 is 14.4 Å². The number of carbonyl (C=O) groups excluding carboxylic acids is 3. The minimum Gasteiger partial charge on any atom is -0.341 e. The van der Waals surface area contributed by atoms with Gasteiger partial charge in [-0.3, -0.25) is 19.8 Å². The van der Waals surface area contributed by atoms with Gasteiger partial charge in [-0.05, 0) is 55.0 Å². The van der Waals surface area contributed by atoms with Crippen LogP contribution in [0.25, 0.3) is 10.9 Å². The molecule has 3 aromatic carbocycles. The molecule has 3 amide bonds. The molecule has 1 aromatic heterocycles. The SMILES string of the molecule is C[C@H](NC(=O)C(=O)Nn1c(C(=O)Nc2cccc(Cl)c2)cc2cc(Cl)ccc21)c1ccccc1. The maximum atomic E-state index is 13.1. The molecule has 0 radical (unpaired) electrons. The monoisotopic (exact) mass is 494 g/mol. The number of hydrogen-bond acceptors (Lipinski definition) is 3. The van der Waals surface area contributed by atoms with Gasteiger partial charge in [-0.15, -0.1) is 0 Å². The average Bonchev–Trinajstić information content (AvgIpc) is 3.17. The van der Waals surface area contributed by atoms with Crippen LogP contribution in [0.3, 0.4) is 0 Å². The standard InChI is InChI=1S/C25H20Cl2N4O3/c1-15(16-6-3-2-4-7-16)28-24(33)25(34)30-31-21-11-10-19(27)12-17(21)13-22(31)23(32)29-20-9-5-8-18(26)14-20/h2-15H,1H3,(H,28,33)(H,29,32)(H,30,34)/t15-/m0/s1. The molecule has 0 aliphatic heterocycles. The molecule has 1 atom stereocenters. The molecular weight excluding hydrogens is 475 g/mol. The Hall–Kier alpha value is -3.81. The van der Waals surface area contributed by atoms with E-state index in [1.54, 1.807) is 55.5 Å². The zero-order valence-corrected chi connectivity index (χ0v) is 19.5. The lowest BCUT2D eigenvalue weighted by molar-refractivity contribution is -0.137. The maximum absolute atomic E-state index is 13.1. The van der Waals surface area contributed by atoms with Gasteiger partial charge in [0.2, 0.25) is 0 Å². The molecule has 0 aliphatic carbocycles. The van der Waals surface area contributed by atoms with Crippen molar-refractivity contribution >= 4 is 57.5 Å². The lowest BCUT2D eigenvalue weighted by atomic mass is 10.1. The van der Waals surface area contributed by atoms with Crippen LogP contribution in [0, 0.1) is 0 Å². The quantitative estimate of drug-likeness (QED) is 0.335. The van der Waals surface area contributed by atoms with Crippen molar-refractivity contribution in [3.63, 3.8) is 0 Å². The second-order valence-corrected chi connectivity index (χ2v) is 8.45. The first-order chi connectivity index (χ1) is 16.3. The van der Waals surface area contributed by atoms with Gasteiger partial charge in [-0.2, -0.15) is 0 Å². The third-order valence-electron chi connectivity index (χ3n) is 5.15. The van der Waals surface area contributed by atoms with Crippen molar-refractivity contribution in [2.75, 3.05) is 10.7 Å². The molecule has 3 N–H and O–H groups in total. The number of nitrogens with zero attached hydrogens (tertiary/aromatic N) is 1. The smallest absolute Gasteiger partial charge is 0.328 e. The van der Waals surface area contributed by atoms with E-state index in [2.05, 4.69) is 16.1 Å². The number of carbonyl (C=O) groups is 3. The first-order valence-electron chi connectivity index (χ1n) is 10.4. The van der Waals surface area contributed by atoms with E-state index >= 15 is 0 Å². The van der Waals surface area contributed by atoms with E-state index in [-0.39, 0.29) is 11.7 Å². The summed E-state index contributed by atoms with van der Waals surface area (Å²) in [5.74, 6) is -2.27. The van der Waals surface area contributed by atoms with Gasteiger partial charge in [-0.25, -0.2) is 4.68 Å². The molecule has 0 saturated carbocycles. The number of benzene rings is 3. The van der Waals surface area contributed by atoms with Crippen molar-refractivity contribution in [1.82, 2.24) is 9.99 Å². The highest BCUT2D eigenvalue weighted by molar-refractivity contribution is 6.38. The van der Waals surface area contributed by atoms with E-state index in [0.717, 1.165) is 5.56 Å². The Balaban J connectivity index is 1.59. The molecule has 0 aliphatic rings. The Kier molecular flexibility index (Phi) is 6.86. The van der Waals surface area contributed by atoms with Gasteiger partial charge >= 0.3 is 11.8 Å². The number of nitrogens with one attached hydrogen (secondary N) is 3. The molecular formula is C25H20Cl2N4O3. The molecule has 4 aromatic rings. The van der Waals surface area contributed by atoms with Gasteiger partial charge in [0.15, 0.2) is 0 Å². The van der Waals surface area contributed by atoms with Crippen LogP contribution in [0.5, 0.6) is 0 Å². The third kappa shape index (κ3) is 5.22. The van der Waals surface area contributed by atoms with Crippen LogP contribution in [-0.4, -0.2) is 22.4 Å². The van der Waals surface area contributed by atoms with Crippen molar-refractivity contribution in [2.45, 2.75) is 13.0 Å². The zero-order chi connectivity index (χ0) is 24.2. The van der Waals surface area contributed by atoms with Crippen LogP contribution in [0.1, 0.15) is 29.0 Å². The Bertz CT molecular complexity index is 1390. The summed E-state index contributed by atoms with van der Waals surface area (Å²) in [6, 6.07) is 22.1. The predicted octanol–water partition coefficient (Wildman–Crippen LogP) is 5.15. The second-order valence-electron chi connectivity index (χ2n) is 7.58. The van der Waals surface area contributed by atoms with E-state index in [0.29, 0.717) is 26.6 Å². The largest absolute Gasteiger partial charge is 0.341 e. The van der Waals surface area contributed by atoms with Gasteiger partial charge in [-0.1, -0.05) is 59.6 Å². The number of amides is 3. The fourth-order valence-corrected chi connectivity index (χ4v) is 3.85. The topological polar surface area (TPSA) is 92.2 Å². The van der Waals surface area contributed by atoms with Gasteiger partial charge in [0.25, 0.3) is 5.91 Å². The van der Waals surface area contributed by atoms with E-state index in [1.165, 1.54) is 4.68 Å². The normalized spacial score (nSPS) is 11.6. The Morgan fingerprint density at radius 1 is 0.824 bits per heavy atom. The van der Waals surface area contributed by atoms with Crippen molar-refractivity contribution in [1.29, 1.82) is 0 Å². The summed E-state index contributed by atoms with van der Waals surface area (Å²) in [6.45, 7) is 1.78. The molecule has 7 nitrogen and oxygen atoms in total. The molecule has 1 heterocycles. The van der Waals surface area contributed by atoms with Crippen LogP contribution in [0.15, 0.2) is 78.9 Å². The summed E-state index contributed by atoms with van der Waals surface area (Å²) in [5, 5.41) is 6.94. The molecule has 9 heteroatoms. The molecule has 0 saturated heterocycles. The van der Waals surface area contributed by atoms with E-state index < -0.39 is 17.7 Å². The number of hydrogen-bond donors (Lipinski definition) is 3. The predicted molar refractivity (Wildman–Crippen MR) is 134 cm³/mol. The fraction of sp³-hybridized carbons (Fsp3) is 0.0800. The van der Waals surface area contributed by atoms with Crippen molar-refractivity contribution in [3.8, 4) is 0 Å². The first-order valence-corrected chi connectivity index (χ1v) is 11.1. The summed E-state index contributed by atoms with van der Waals surface area (Å²) in [6.07, 6.45) is 0. The number of aromatic nitrogens is 1. The van der Waals surface area contributed by atoms with Gasteiger partial charge in [0.1, 0.15) is 5.69 Å². The number of rotatable bonds is 5. The van der Waals surface area contributed by atoms with Crippen LogP contribution < -0.4 is 16.1 Å². The minimum atomic E-state index is -0.924. The van der Waals surface area contributed by atoms with E-state index in [1.807, 2.05) is 30.3 Å². The fourth-order valence-electron chi connectivity index (χ4n) is 3.47. The number of anilines is 1. The Labute approximate surface area is 205 Å².